The van der Waals surface area contributed by atoms with Crippen molar-refractivity contribution >= 4 is 57.1 Å². The molecule has 16 heteroatoms. The van der Waals surface area contributed by atoms with E-state index in [4.69, 9.17) is 17.3 Å². The number of carbonyl (C=O) groups is 3. The van der Waals surface area contributed by atoms with Gasteiger partial charge in [-0.15, -0.1) is 0 Å². The summed E-state index contributed by atoms with van der Waals surface area (Å²) >= 11 is 7.87. The summed E-state index contributed by atoms with van der Waals surface area (Å²) in [5.41, 5.74) is 9.33. The lowest BCUT2D eigenvalue weighted by Crippen LogP contribution is -2.54. The van der Waals surface area contributed by atoms with Crippen LogP contribution in [0.1, 0.15) is 68.1 Å². The Morgan fingerprint density at radius 3 is 2.35 bits per heavy atom. The number of amides is 1. The number of aliphatic carboxylic acids is 2. The lowest BCUT2D eigenvalue weighted by molar-refractivity contribution is -0.149. The maximum Gasteiger partial charge on any atom is 0.326 e. The van der Waals surface area contributed by atoms with Crippen LogP contribution in [0.2, 0.25) is 5.02 Å². The Morgan fingerprint density at radius 2 is 1.65 bits per heavy atom. The molecule has 1 fully saturated rings. The first kappa shape index (κ1) is 41.5. The van der Waals surface area contributed by atoms with Crippen molar-refractivity contribution in [3.05, 3.63) is 88.4 Å². The van der Waals surface area contributed by atoms with Gasteiger partial charge in [-0.3, -0.25) is 14.9 Å². The van der Waals surface area contributed by atoms with E-state index in [9.17, 15) is 33.0 Å². The minimum Gasteiger partial charge on any atom is -0.480 e. The van der Waals surface area contributed by atoms with Gasteiger partial charge in [-0.1, -0.05) is 72.6 Å². The molecule has 292 valence electrons. The summed E-state index contributed by atoms with van der Waals surface area (Å²) in [5, 5.41) is 26.1. The zero-order valence-corrected chi connectivity index (χ0v) is 32.4. The van der Waals surface area contributed by atoms with Crippen LogP contribution in [0, 0.1) is 0 Å². The number of carboxylic acids is 2. The zero-order valence-electron chi connectivity index (χ0n) is 30.0. The Morgan fingerprint density at radius 1 is 0.944 bits per heavy atom. The lowest BCUT2D eigenvalue weighted by Gasteiger charge is -2.29. The van der Waals surface area contributed by atoms with Crippen molar-refractivity contribution in [2.24, 2.45) is 5.73 Å². The van der Waals surface area contributed by atoms with Crippen molar-refractivity contribution in [3.8, 4) is 0 Å². The van der Waals surface area contributed by atoms with Crippen LogP contribution >= 0.6 is 23.5 Å². The minimum atomic E-state index is -3.94. The topological polar surface area (TPSA) is 203 Å². The number of anilines is 1. The molecule has 2 aliphatic rings. The first-order chi connectivity index (χ1) is 25.9. The molecule has 8 N–H and O–H groups in total. The summed E-state index contributed by atoms with van der Waals surface area (Å²) in [5.74, 6) is -2.53. The largest absolute Gasteiger partial charge is 0.480 e. The highest BCUT2D eigenvalue weighted by atomic mass is 35.5. The number of sulfonamides is 1. The molecule has 4 atom stereocenters. The van der Waals surface area contributed by atoms with Crippen LogP contribution in [-0.2, 0) is 43.8 Å². The third-order valence-corrected chi connectivity index (χ3v) is 12.6. The van der Waals surface area contributed by atoms with Crippen LogP contribution in [0.5, 0.6) is 0 Å². The molecule has 0 aromatic heterocycles. The lowest BCUT2D eigenvalue weighted by atomic mass is 10.0. The third-order valence-electron chi connectivity index (χ3n) is 9.74. The van der Waals surface area contributed by atoms with E-state index in [1.54, 1.807) is 12.1 Å². The monoisotopic (exact) mass is 800 g/mol. The fourth-order valence-corrected chi connectivity index (χ4v) is 9.24. The molecule has 0 saturated carbocycles. The minimum absolute atomic E-state index is 0.00728. The van der Waals surface area contributed by atoms with Crippen LogP contribution in [0.3, 0.4) is 0 Å². The Bertz CT molecular complexity index is 1850. The molecule has 5 rings (SSSR count). The number of aryl methyl sites for hydroxylation is 2. The summed E-state index contributed by atoms with van der Waals surface area (Å²) in [6.07, 6.45) is 5.61. The van der Waals surface area contributed by atoms with Gasteiger partial charge < -0.3 is 26.2 Å². The van der Waals surface area contributed by atoms with Gasteiger partial charge in [0, 0.05) is 18.0 Å². The van der Waals surface area contributed by atoms with Gasteiger partial charge >= 0.3 is 11.9 Å². The highest BCUT2D eigenvalue weighted by Crippen LogP contribution is 2.37. The van der Waals surface area contributed by atoms with E-state index in [-0.39, 0.29) is 35.0 Å². The summed E-state index contributed by atoms with van der Waals surface area (Å²) in [4.78, 5) is 39.4. The number of halogens is 1. The molecule has 13 nitrogen and oxygen atoms in total. The van der Waals surface area contributed by atoms with E-state index in [2.05, 4.69) is 32.2 Å². The molecular weight excluding hydrogens is 752 g/mol. The summed E-state index contributed by atoms with van der Waals surface area (Å²) < 4.78 is 32.6. The summed E-state index contributed by atoms with van der Waals surface area (Å²) in [7, 11) is -3.94. The Hall–Kier alpha value is -3.70. The quantitative estimate of drug-likeness (QED) is 0.0612. The van der Waals surface area contributed by atoms with Crippen molar-refractivity contribution in [2.75, 3.05) is 18.4 Å². The van der Waals surface area contributed by atoms with E-state index in [1.165, 1.54) is 22.4 Å². The van der Waals surface area contributed by atoms with Crippen LogP contribution in [0.25, 0.3) is 0 Å². The molecule has 0 radical (unpaired) electrons. The fraction of sp³-hybridized carbons (Fsp3) is 0.447. The maximum absolute atomic E-state index is 13.4. The van der Waals surface area contributed by atoms with Gasteiger partial charge in [0.15, 0.2) is 0 Å². The number of hydrogen-bond donors (Lipinski definition) is 7. The highest BCUT2D eigenvalue weighted by molar-refractivity contribution is 7.97. The molecule has 2 heterocycles. The number of benzene rings is 3. The number of carboxylic acid groups (broad SMARTS) is 2. The molecule has 0 bridgehead atoms. The van der Waals surface area contributed by atoms with Crippen LogP contribution in [-0.4, -0.2) is 78.8 Å². The number of unbranched alkanes of at least 4 members (excludes halogenated alkanes) is 1. The van der Waals surface area contributed by atoms with Gasteiger partial charge in [-0.05, 0) is 105 Å². The molecule has 54 heavy (non-hydrogen) atoms. The Labute approximate surface area is 326 Å². The number of nitrogens with one attached hydrogen (secondary N) is 4. The van der Waals surface area contributed by atoms with Crippen molar-refractivity contribution in [2.45, 2.75) is 105 Å². The standard InChI is InChI=1S/C38H49ClN6O7S2/c39-28-22-31-33(53-44-35(43-31)19-18-25-8-2-1-3-9-25)23-34(28)54(51,52)41-24-27-16-14-26(15-17-27)10-6-12-30(37(47)48)42-29(11-4-5-20-40)36(46)45-21-7-13-32(45)38(49)50/h1-3,8-9,14-17,22-23,29-30,32,35,41-44H,4-7,10-13,18-21,24,40H2,(H,47,48)(H,49,50)/t29-,30-,32-,35?/m0/s1. The predicted molar refractivity (Wildman–Crippen MR) is 210 cm³/mol. The van der Waals surface area contributed by atoms with E-state index >= 15 is 0 Å². The van der Waals surface area contributed by atoms with Crippen LogP contribution in [0.15, 0.2) is 76.5 Å². The van der Waals surface area contributed by atoms with E-state index < -0.39 is 40.1 Å². The van der Waals surface area contributed by atoms with E-state index in [0.717, 1.165) is 34.6 Å². The van der Waals surface area contributed by atoms with Gasteiger partial charge in [-0.2, -0.15) is 0 Å². The van der Waals surface area contributed by atoms with Crippen molar-refractivity contribution in [1.82, 2.24) is 19.7 Å². The molecule has 0 aliphatic carbocycles. The van der Waals surface area contributed by atoms with Gasteiger partial charge in [0.1, 0.15) is 17.0 Å². The number of hydrogen-bond acceptors (Lipinski definition) is 10. The summed E-state index contributed by atoms with van der Waals surface area (Å²) in [6, 6.07) is 18.1. The van der Waals surface area contributed by atoms with Gasteiger partial charge in [-0.25, -0.2) is 22.7 Å². The Kier molecular flexibility index (Phi) is 15.2. The first-order valence-electron chi connectivity index (χ1n) is 18.3. The van der Waals surface area contributed by atoms with Crippen LogP contribution < -0.4 is 25.8 Å². The molecule has 2 aliphatic heterocycles. The second-order valence-corrected chi connectivity index (χ2v) is 16.7. The van der Waals surface area contributed by atoms with Gasteiger partial charge in [0.2, 0.25) is 15.9 Å². The molecule has 1 saturated heterocycles. The highest BCUT2D eigenvalue weighted by Gasteiger charge is 2.38. The van der Waals surface area contributed by atoms with E-state index in [0.29, 0.717) is 58.0 Å². The smallest absolute Gasteiger partial charge is 0.326 e. The summed E-state index contributed by atoms with van der Waals surface area (Å²) in [6.45, 7) is 0.808. The second kappa shape index (κ2) is 19.8. The second-order valence-electron chi connectivity index (χ2n) is 13.7. The first-order valence-corrected chi connectivity index (χ1v) is 21.0. The normalized spacial score (nSPS) is 18.1. The third kappa shape index (κ3) is 11.4. The average Bonchev–Trinajstić information content (AvgIpc) is 3.66. The zero-order chi connectivity index (χ0) is 38.7. The molecule has 1 unspecified atom stereocenters. The van der Waals surface area contributed by atoms with Crippen molar-refractivity contribution in [1.29, 1.82) is 0 Å². The molecule has 3 aromatic rings. The van der Waals surface area contributed by atoms with Crippen LogP contribution in [0.4, 0.5) is 5.69 Å². The number of nitrogens with zero attached hydrogens (tertiary/aromatic N) is 1. The molecular formula is C38H49ClN6O7S2. The number of rotatable bonds is 20. The molecule has 0 spiro atoms. The Balaban J connectivity index is 1.11. The van der Waals surface area contributed by atoms with Crippen molar-refractivity contribution < 1.29 is 33.0 Å². The average molecular weight is 801 g/mol. The number of fused-ring (bicyclic) bond motifs is 1. The maximum atomic E-state index is 13.4. The fourth-order valence-electron chi connectivity index (χ4n) is 6.75. The van der Waals surface area contributed by atoms with Gasteiger partial charge in [0.25, 0.3) is 0 Å². The molecule has 3 aromatic carbocycles. The predicted octanol–water partition coefficient (Wildman–Crippen LogP) is 4.74. The number of nitrogens with two attached hydrogens (primary N) is 1. The number of carbonyl (C=O) groups excluding carboxylic acids is 1. The van der Waals surface area contributed by atoms with Gasteiger partial charge in [0.05, 0.1) is 22.9 Å². The number of likely N-dealkylation sites (tertiary alicyclic amines) is 1. The van der Waals surface area contributed by atoms with E-state index in [1.807, 2.05) is 42.5 Å². The SMILES string of the molecule is NCCCC[C@H](N[C@@H](CCCc1ccc(CNS(=O)(=O)c2cc3c(cc2Cl)NC(CCc2ccccc2)NS3)cc1)C(=O)O)C(=O)N1CCC[C@H]1C(=O)O. The van der Waals surface area contributed by atoms with Crippen molar-refractivity contribution in [3.63, 3.8) is 0 Å². The molecule has 1 amide bonds.